The van der Waals surface area contributed by atoms with E-state index in [1.165, 1.54) is 0 Å². The molecule has 1 aromatic carbocycles. The van der Waals surface area contributed by atoms with E-state index in [-0.39, 0.29) is 0 Å². The number of rotatable bonds is 1. The summed E-state index contributed by atoms with van der Waals surface area (Å²) in [5.74, 6) is 0. The Bertz CT molecular complexity index is 363. The molecule has 0 saturated carbocycles. The van der Waals surface area contributed by atoms with Gasteiger partial charge < -0.3 is 0 Å². The molecule has 0 bridgehead atoms. The van der Waals surface area contributed by atoms with Gasteiger partial charge in [-0.05, 0) is 51.9 Å². The van der Waals surface area contributed by atoms with Gasteiger partial charge in [0.05, 0.1) is 10.7 Å². The van der Waals surface area contributed by atoms with Crippen molar-refractivity contribution in [1.82, 2.24) is 0 Å². The van der Waals surface area contributed by atoms with Gasteiger partial charge in [-0.1, -0.05) is 23.2 Å². The third-order valence-corrected chi connectivity index (χ3v) is 2.81. The average molecular weight is 297 g/mol. The molecule has 13 heavy (non-hydrogen) atoms. The van der Waals surface area contributed by atoms with E-state index in [4.69, 9.17) is 56.9 Å². The Morgan fingerprint density at radius 2 is 1.69 bits per heavy atom. The van der Waals surface area contributed by atoms with Crippen LogP contribution < -0.4 is 0 Å². The van der Waals surface area contributed by atoms with Gasteiger partial charge in [0.25, 0.3) is 0 Å². The highest BCUT2D eigenvalue weighted by molar-refractivity contribution is 8.26. The minimum absolute atomic E-state index is 0.405. The molecule has 0 heterocycles. The van der Waals surface area contributed by atoms with E-state index in [2.05, 4.69) is 4.74 Å². The average Bonchev–Trinajstić information content (AvgIpc) is 1.94. The first kappa shape index (κ1) is 12.0. The fourth-order valence-electron chi connectivity index (χ4n) is 0.685. The van der Waals surface area contributed by atoms with Crippen LogP contribution in [0.1, 0.15) is 0 Å². The summed E-state index contributed by atoms with van der Waals surface area (Å²) >= 11 is 28.2. The van der Waals surface area contributed by atoms with E-state index in [1.54, 1.807) is 18.2 Å². The van der Waals surface area contributed by atoms with E-state index in [0.29, 0.717) is 15.7 Å². The largest absolute Gasteiger partial charge is 0.229 e. The molecular weight excluding hydrogens is 294 g/mol. The highest BCUT2D eigenvalue weighted by Crippen LogP contribution is 2.67. The van der Waals surface area contributed by atoms with Crippen molar-refractivity contribution in [3.63, 3.8) is 0 Å². The van der Waals surface area contributed by atoms with Crippen LogP contribution in [0.5, 0.6) is 0 Å². The molecule has 0 spiro atoms. The van der Waals surface area contributed by atoms with Crippen molar-refractivity contribution in [1.29, 1.82) is 0 Å². The summed E-state index contributed by atoms with van der Waals surface area (Å²) < 4.78 is 3.84. The van der Waals surface area contributed by atoms with Gasteiger partial charge in [0, 0.05) is 5.02 Å². The van der Waals surface area contributed by atoms with Crippen LogP contribution in [0, 0.1) is 0 Å². The maximum atomic E-state index is 5.79. The highest BCUT2D eigenvalue weighted by atomic mass is 36.0. The van der Waals surface area contributed by atoms with E-state index < -0.39 is 5.11 Å². The van der Waals surface area contributed by atoms with Gasteiger partial charge >= 0.3 is 0 Å². The van der Waals surface area contributed by atoms with Crippen LogP contribution in [-0.2, 0) is 0 Å². The molecule has 7 heteroatoms. The molecule has 0 N–H and O–H groups in total. The lowest BCUT2D eigenvalue weighted by Gasteiger charge is -2.01. The zero-order valence-electron chi connectivity index (χ0n) is 6.02. The lowest BCUT2D eigenvalue weighted by molar-refractivity contribution is 1.57. The van der Waals surface area contributed by atoms with Crippen LogP contribution in [0.25, 0.3) is 0 Å². The van der Waals surface area contributed by atoms with E-state index in [9.17, 15) is 0 Å². The topological polar surface area (TPSA) is 12.4 Å². The zero-order chi connectivity index (χ0) is 10.1. The fraction of sp³-hybridized carbons (Fsp3) is 0. The third kappa shape index (κ3) is 4.29. The normalized spacial score (nSPS) is 11.5. The molecule has 72 valence electrons. The summed E-state index contributed by atoms with van der Waals surface area (Å²) in [6, 6.07) is 4.79. The van der Waals surface area contributed by atoms with Gasteiger partial charge in [-0.3, -0.25) is 0 Å². The molecule has 0 fully saturated rings. The first-order valence-electron chi connectivity index (χ1n) is 3.05. The van der Waals surface area contributed by atoms with Gasteiger partial charge in [0.2, 0.25) is 5.11 Å². The number of halogens is 5. The van der Waals surface area contributed by atoms with Gasteiger partial charge in [0.15, 0.2) is 0 Å². The summed E-state index contributed by atoms with van der Waals surface area (Å²) in [6.07, 6.45) is 0. The predicted molar refractivity (Wildman–Crippen MR) is 63.0 cm³/mol. The smallest absolute Gasteiger partial charge is 0.222 e. The SMILES string of the molecule is Clc1ccc(Cl)c(N=P(Cl)(Cl)Cl)c1. The standard InChI is InChI=1S/C6H3Cl5NP/c7-4-1-2-5(8)6(3-4)12-13(9,10)11/h1-3H. The summed E-state index contributed by atoms with van der Waals surface area (Å²) in [5.41, 5.74) is 0.405. The predicted octanol–water partition coefficient (Wildman–Crippen LogP) is 6.29. The molecule has 0 atom stereocenters. The Morgan fingerprint density at radius 1 is 1.08 bits per heavy atom. The van der Waals surface area contributed by atoms with Crippen LogP contribution in [0.15, 0.2) is 22.9 Å². The minimum atomic E-state index is -2.79. The van der Waals surface area contributed by atoms with E-state index in [0.717, 1.165) is 0 Å². The van der Waals surface area contributed by atoms with Crippen molar-refractivity contribution < 1.29 is 0 Å². The maximum Gasteiger partial charge on any atom is 0.229 e. The van der Waals surface area contributed by atoms with Crippen LogP contribution in [0.4, 0.5) is 5.69 Å². The van der Waals surface area contributed by atoms with Gasteiger partial charge in [-0.25, -0.2) is 4.74 Å². The second kappa shape index (κ2) is 4.61. The van der Waals surface area contributed by atoms with Gasteiger partial charge in [-0.15, -0.1) is 0 Å². The maximum absolute atomic E-state index is 5.79. The Morgan fingerprint density at radius 3 is 2.23 bits per heavy atom. The number of benzene rings is 1. The molecular formula is C6H3Cl5NP. The summed E-state index contributed by atoms with van der Waals surface area (Å²) in [6.45, 7) is 0. The monoisotopic (exact) mass is 295 g/mol. The van der Waals surface area contributed by atoms with Gasteiger partial charge in [-0.2, -0.15) is 0 Å². The molecule has 0 aliphatic heterocycles. The molecule has 1 nitrogen and oxygen atoms in total. The van der Waals surface area contributed by atoms with Crippen LogP contribution in [0.3, 0.4) is 0 Å². The Hall–Kier alpha value is 0.900. The summed E-state index contributed by atoms with van der Waals surface area (Å²) in [4.78, 5) is 0. The zero-order valence-corrected chi connectivity index (χ0v) is 10.7. The summed E-state index contributed by atoms with van der Waals surface area (Å²) in [5, 5.41) is -1.87. The molecule has 1 aromatic rings. The van der Waals surface area contributed by atoms with Crippen molar-refractivity contribution >= 4 is 67.7 Å². The summed E-state index contributed by atoms with van der Waals surface area (Å²) in [7, 11) is 0. The van der Waals surface area contributed by atoms with E-state index >= 15 is 0 Å². The van der Waals surface area contributed by atoms with E-state index in [1.807, 2.05) is 0 Å². The van der Waals surface area contributed by atoms with Gasteiger partial charge in [0.1, 0.15) is 0 Å². The number of hydrogen-bond donors (Lipinski definition) is 0. The molecule has 0 unspecified atom stereocenters. The third-order valence-electron chi connectivity index (χ3n) is 1.13. The molecule has 0 amide bonds. The molecule has 0 radical (unpaired) electrons. The van der Waals surface area contributed by atoms with Crippen molar-refractivity contribution in [3.8, 4) is 0 Å². The lowest BCUT2D eigenvalue weighted by atomic mass is 10.3. The lowest BCUT2D eigenvalue weighted by Crippen LogP contribution is -1.67. The fourth-order valence-corrected chi connectivity index (χ4v) is 2.21. The number of hydrogen-bond acceptors (Lipinski definition) is 1. The molecule has 0 aliphatic rings. The molecule has 1 rings (SSSR count). The van der Waals surface area contributed by atoms with Crippen molar-refractivity contribution in [3.05, 3.63) is 28.2 Å². The Kier molecular flexibility index (Phi) is 4.25. The first-order valence-corrected chi connectivity index (χ1v) is 8.26. The van der Waals surface area contributed by atoms with Crippen molar-refractivity contribution in [2.75, 3.05) is 0 Å². The highest BCUT2D eigenvalue weighted by Gasteiger charge is 2.08. The molecule has 0 saturated heterocycles. The van der Waals surface area contributed by atoms with Crippen LogP contribution in [-0.4, -0.2) is 0 Å². The van der Waals surface area contributed by atoms with Crippen LogP contribution in [0.2, 0.25) is 10.0 Å². The Balaban J connectivity index is 3.23. The Labute approximate surface area is 100 Å². The first-order chi connectivity index (χ1) is 5.88. The second-order valence-electron chi connectivity index (χ2n) is 2.11. The number of nitrogens with zero attached hydrogens (tertiary/aromatic N) is 1. The molecule has 0 aliphatic carbocycles. The van der Waals surface area contributed by atoms with Crippen molar-refractivity contribution in [2.45, 2.75) is 0 Å². The van der Waals surface area contributed by atoms with Crippen molar-refractivity contribution in [2.24, 2.45) is 4.74 Å². The van der Waals surface area contributed by atoms with Crippen LogP contribution >= 0.6 is 62.0 Å². The minimum Gasteiger partial charge on any atom is -0.222 e. The quantitative estimate of drug-likeness (QED) is 0.540. The molecule has 0 aromatic heterocycles. The second-order valence-corrected chi connectivity index (χ2v) is 9.96.